The van der Waals surface area contributed by atoms with Gasteiger partial charge in [0.15, 0.2) is 0 Å². The van der Waals surface area contributed by atoms with Crippen LogP contribution in [0.2, 0.25) is 5.02 Å². The van der Waals surface area contributed by atoms with E-state index < -0.39 is 11.5 Å². The third-order valence-corrected chi connectivity index (χ3v) is 5.82. The fraction of sp³-hybridized carbons (Fsp3) is 0.259. The third kappa shape index (κ3) is 5.23. The number of nitrogens with zero attached hydrogens (tertiary/aromatic N) is 2. The van der Waals surface area contributed by atoms with Gasteiger partial charge in [-0.05, 0) is 67.1 Å². The maximum absolute atomic E-state index is 13.3. The van der Waals surface area contributed by atoms with E-state index in [1.165, 1.54) is 12.1 Å². The molecule has 1 aromatic heterocycles. The first-order chi connectivity index (χ1) is 16.1. The molecule has 0 saturated heterocycles. The highest BCUT2D eigenvalue weighted by molar-refractivity contribution is 6.30. The predicted octanol–water partition coefficient (Wildman–Crippen LogP) is 6.49. The number of rotatable bonds is 6. The minimum absolute atomic E-state index is 0.0569. The van der Waals surface area contributed by atoms with Crippen LogP contribution in [0.1, 0.15) is 39.4 Å². The summed E-state index contributed by atoms with van der Waals surface area (Å²) in [6.45, 7) is 7.55. The van der Waals surface area contributed by atoms with Crippen molar-refractivity contribution in [1.29, 1.82) is 0 Å². The lowest BCUT2D eigenvalue weighted by Gasteiger charge is -2.29. The smallest absolute Gasteiger partial charge is 0.225 e. The summed E-state index contributed by atoms with van der Waals surface area (Å²) in [5, 5.41) is 9.03. The second-order valence-corrected chi connectivity index (χ2v) is 9.79. The second-order valence-electron chi connectivity index (χ2n) is 9.36. The van der Waals surface area contributed by atoms with Crippen LogP contribution >= 0.6 is 11.6 Å². The Kier molecular flexibility index (Phi) is 6.62. The fourth-order valence-corrected chi connectivity index (χ4v) is 3.76. The molecule has 1 amide bonds. The van der Waals surface area contributed by atoms with Crippen molar-refractivity contribution in [1.82, 2.24) is 15.1 Å². The molecule has 5 nitrogen and oxygen atoms in total. The van der Waals surface area contributed by atoms with Crippen molar-refractivity contribution in [2.45, 2.75) is 39.8 Å². The Labute approximate surface area is 203 Å². The molecule has 1 N–H and O–H groups in total. The highest BCUT2D eigenvalue weighted by Gasteiger charge is 2.28. The molecule has 1 heterocycles. The van der Waals surface area contributed by atoms with Gasteiger partial charge in [0.05, 0.1) is 23.4 Å². The summed E-state index contributed by atoms with van der Waals surface area (Å²) in [7, 11) is 0. The molecule has 0 fully saturated rings. The van der Waals surface area contributed by atoms with Crippen LogP contribution in [0.4, 0.5) is 4.39 Å². The normalized spacial score (nSPS) is 13.5. The summed E-state index contributed by atoms with van der Waals surface area (Å²) in [5.41, 5.74) is 2.01. The number of nitrogens with one attached hydrogen (secondary N) is 1. The van der Waals surface area contributed by atoms with Crippen molar-refractivity contribution in [3.05, 3.63) is 89.3 Å². The maximum Gasteiger partial charge on any atom is 0.225 e. The van der Waals surface area contributed by atoms with E-state index in [-0.39, 0.29) is 17.8 Å². The van der Waals surface area contributed by atoms with Gasteiger partial charge in [-0.3, -0.25) is 4.79 Å². The van der Waals surface area contributed by atoms with Crippen molar-refractivity contribution in [2.75, 3.05) is 0 Å². The molecule has 0 aliphatic rings. The molecular weight excluding hydrogens is 453 g/mol. The molecule has 3 aromatic carbocycles. The van der Waals surface area contributed by atoms with Gasteiger partial charge in [-0.1, -0.05) is 44.5 Å². The van der Waals surface area contributed by atoms with E-state index in [0.29, 0.717) is 10.8 Å². The first-order valence-corrected chi connectivity index (χ1v) is 11.5. The summed E-state index contributed by atoms with van der Waals surface area (Å²) in [4.78, 5) is 12.6. The van der Waals surface area contributed by atoms with Crippen molar-refractivity contribution in [3.8, 4) is 11.4 Å². The number of halogens is 2. The molecule has 34 heavy (non-hydrogen) atoms. The van der Waals surface area contributed by atoms with Crippen LogP contribution in [-0.2, 0) is 4.79 Å². The molecule has 0 saturated carbocycles. The lowest BCUT2D eigenvalue weighted by atomic mass is 9.94. The zero-order chi connectivity index (χ0) is 24.5. The number of benzene rings is 3. The molecule has 0 bridgehead atoms. The van der Waals surface area contributed by atoms with Crippen LogP contribution in [-0.4, -0.2) is 21.7 Å². The number of amides is 1. The minimum Gasteiger partial charge on any atom is -0.484 e. The molecule has 0 aliphatic carbocycles. The number of fused-ring (bicyclic) bond motifs is 1. The molecule has 2 atom stereocenters. The van der Waals surface area contributed by atoms with Crippen LogP contribution in [0.25, 0.3) is 16.6 Å². The average molecular weight is 480 g/mol. The SMILES string of the molecule is CC(NC(=O)C(C)(C)C)[C@H](Oc1ccc2c(cnn2-c2ccc(F)cc2)c1)c1ccc(Cl)cc1. The van der Waals surface area contributed by atoms with E-state index in [1.54, 1.807) is 23.0 Å². The fourth-order valence-electron chi connectivity index (χ4n) is 3.63. The highest BCUT2D eigenvalue weighted by Crippen LogP contribution is 2.30. The van der Waals surface area contributed by atoms with Gasteiger partial charge >= 0.3 is 0 Å². The summed E-state index contributed by atoms with van der Waals surface area (Å²) in [6.07, 6.45) is 1.31. The van der Waals surface area contributed by atoms with Crippen molar-refractivity contribution in [3.63, 3.8) is 0 Å². The van der Waals surface area contributed by atoms with Crippen molar-refractivity contribution >= 4 is 28.4 Å². The second kappa shape index (κ2) is 9.47. The van der Waals surface area contributed by atoms with Crippen LogP contribution in [0.15, 0.2) is 72.9 Å². The molecule has 0 aliphatic heterocycles. The monoisotopic (exact) mass is 479 g/mol. The first-order valence-electron chi connectivity index (χ1n) is 11.1. The largest absolute Gasteiger partial charge is 0.484 e. The maximum atomic E-state index is 13.3. The molecule has 7 heteroatoms. The number of hydrogen-bond donors (Lipinski definition) is 1. The van der Waals surface area contributed by atoms with Crippen molar-refractivity contribution in [2.24, 2.45) is 5.41 Å². The third-order valence-electron chi connectivity index (χ3n) is 5.57. The number of carbonyl (C=O) groups is 1. The molecule has 4 aromatic rings. The predicted molar refractivity (Wildman–Crippen MR) is 133 cm³/mol. The summed E-state index contributed by atoms with van der Waals surface area (Å²) in [6, 6.07) is 19.0. The Balaban J connectivity index is 1.63. The van der Waals surface area contributed by atoms with E-state index >= 15 is 0 Å². The molecule has 4 rings (SSSR count). The lowest BCUT2D eigenvalue weighted by Crippen LogP contribution is -2.44. The Morgan fingerprint density at radius 3 is 2.38 bits per heavy atom. The Hall–Kier alpha value is -3.38. The van der Waals surface area contributed by atoms with Crippen LogP contribution in [0.5, 0.6) is 5.75 Å². The van der Waals surface area contributed by atoms with Gasteiger partial charge in [-0.25, -0.2) is 9.07 Å². The summed E-state index contributed by atoms with van der Waals surface area (Å²) in [5.74, 6) is 0.290. The molecule has 0 spiro atoms. The number of ether oxygens (including phenoxy) is 1. The standard InChI is InChI=1S/C27H27ClFN3O2/c1-17(31-26(33)27(2,3)4)25(18-5-7-20(28)8-6-18)34-23-13-14-24-19(15-23)16-30-32(24)22-11-9-21(29)10-12-22/h5-17,25H,1-4H3,(H,31,33)/t17?,25-/m0/s1. The van der Waals surface area contributed by atoms with Gasteiger partial charge in [0, 0.05) is 15.8 Å². The number of carbonyl (C=O) groups excluding carboxylic acids is 1. The first kappa shape index (κ1) is 23.8. The summed E-state index contributed by atoms with van der Waals surface area (Å²) >= 11 is 6.09. The quantitative estimate of drug-likeness (QED) is 0.344. The lowest BCUT2D eigenvalue weighted by molar-refractivity contribution is -0.129. The van der Waals surface area contributed by atoms with Gasteiger partial charge in [0.25, 0.3) is 0 Å². The van der Waals surface area contributed by atoms with Crippen LogP contribution in [0, 0.1) is 11.2 Å². The van der Waals surface area contributed by atoms with Gasteiger partial charge in [0.1, 0.15) is 17.7 Å². The van der Waals surface area contributed by atoms with Crippen LogP contribution < -0.4 is 10.1 Å². The Bertz CT molecular complexity index is 1290. The molecular formula is C27H27ClFN3O2. The number of hydrogen-bond acceptors (Lipinski definition) is 3. The molecule has 176 valence electrons. The van der Waals surface area contributed by atoms with Crippen molar-refractivity contribution < 1.29 is 13.9 Å². The molecule has 1 unspecified atom stereocenters. The number of aromatic nitrogens is 2. The highest BCUT2D eigenvalue weighted by atomic mass is 35.5. The Morgan fingerprint density at radius 1 is 1.06 bits per heavy atom. The van der Waals surface area contributed by atoms with E-state index in [9.17, 15) is 9.18 Å². The summed E-state index contributed by atoms with van der Waals surface area (Å²) < 4.78 is 21.5. The van der Waals surface area contributed by atoms with Gasteiger partial charge in [0.2, 0.25) is 5.91 Å². The van der Waals surface area contributed by atoms with E-state index in [0.717, 1.165) is 22.2 Å². The van der Waals surface area contributed by atoms with Gasteiger partial charge < -0.3 is 10.1 Å². The zero-order valence-corrected chi connectivity index (χ0v) is 20.3. The topological polar surface area (TPSA) is 56.1 Å². The van der Waals surface area contributed by atoms with E-state index in [1.807, 2.05) is 70.2 Å². The van der Waals surface area contributed by atoms with Gasteiger partial charge in [-0.15, -0.1) is 0 Å². The van der Waals surface area contributed by atoms with Gasteiger partial charge in [-0.2, -0.15) is 5.10 Å². The average Bonchev–Trinajstić information content (AvgIpc) is 3.21. The minimum atomic E-state index is -0.521. The van der Waals surface area contributed by atoms with E-state index in [4.69, 9.17) is 16.3 Å². The Morgan fingerprint density at radius 2 is 1.74 bits per heavy atom. The zero-order valence-electron chi connectivity index (χ0n) is 19.5. The molecule has 0 radical (unpaired) electrons. The van der Waals surface area contributed by atoms with E-state index in [2.05, 4.69) is 10.4 Å². The van der Waals surface area contributed by atoms with Crippen LogP contribution in [0.3, 0.4) is 0 Å².